The normalized spacial score (nSPS) is 16.9. The number of benzene rings is 1. The van der Waals surface area contributed by atoms with Crippen LogP contribution in [0.25, 0.3) is 0 Å². The van der Waals surface area contributed by atoms with Gasteiger partial charge in [-0.3, -0.25) is 9.69 Å². The van der Waals surface area contributed by atoms with Gasteiger partial charge in [-0.05, 0) is 41.9 Å². The van der Waals surface area contributed by atoms with Crippen molar-refractivity contribution in [3.05, 3.63) is 74.9 Å². The number of carbonyl (C=O) groups is 1. The van der Waals surface area contributed by atoms with Gasteiger partial charge in [0.05, 0.1) is 18.2 Å². The van der Waals surface area contributed by atoms with Gasteiger partial charge < -0.3 is 10.2 Å². The van der Waals surface area contributed by atoms with Gasteiger partial charge in [-0.25, -0.2) is 4.39 Å². The first kappa shape index (κ1) is 21.0. The lowest BCUT2D eigenvalue weighted by Crippen LogP contribution is -2.52. The van der Waals surface area contributed by atoms with Crippen molar-refractivity contribution in [2.45, 2.75) is 25.4 Å². The Morgan fingerprint density at radius 2 is 1.77 bits per heavy atom. The molecule has 0 spiro atoms. The summed E-state index contributed by atoms with van der Waals surface area (Å²) in [6, 6.07) is 15.2. The van der Waals surface area contributed by atoms with E-state index in [1.165, 1.54) is 10.9 Å². The second-order valence-corrected chi connectivity index (χ2v) is 9.56. The molecule has 2 atom stereocenters. The molecular formula is C23H26FN3OS2. The number of anilines is 1. The molecule has 1 aliphatic heterocycles. The average molecular weight is 444 g/mol. The van der Waals surface area contributed by atoms with E-state index in [1.54, 1.807) is 28.7 Å². The fourth-order valence-corrected chi connectivity index (χ4v) is 5.77. The van der Waals surface area contributed by atoms with Crippen LogP contribution in [-0.4, -0.2) is 43.0 Å². The quantitative estimate of drug-likeness (QED) is 0.582. The lowest BCUT2D eigenvalue weighted by atomic mass is 10.0. The molecule has 2 aromatic heterocycles. The van der Waals surface area contributed by atoms with E-state index >= 15 is 0 Å². The largest absolute Gasteiger partial charge is 0.367 e. The van der Waals surface area contributed by atoms with Crippen LogP contribution in [0.2, 0.25) is 0 Å². The van der Waals surface area contributed by atoms with E-state index < -0.39 is 0 Å². The van der Waals surface area contributed by atoms with Crippen LogP contribution in [0.5, 0.6) is 0 Å². The predicted molar refractivity (Wildman–Crippen MR) is 123 cm³/mol. The zero-order chi connectivity index (χ0) is 20.9. The summed E-state index contributed by atoms with van der Waals surface area (Å²) in [6.45, 7) is 5.25. The highest BCUT2D eigenvalue weighted by molar-refractivity contribution is 7.10. The molecular weight excluding hydrogens is 417 g/mol. The fourth-order valence-electron chi connectivity index (χ4n) is 4.11. The van der Waals surface area contributed by atoms with Crippen LogP contribution in [0.15, 0.2) is 59.3 Å². The molecule has 1 aromatic carbocycles. The third-order valence-corrected chi connectivity index (χ3v) is 7.33. The number of nitrogens with one attached hydrogen (secondary N) is 1. The molecule has 3 aromatic rings. The molecule has 0 radical (unpaired) electrons. The molecule has 1 aliphatic rings. The number of rotatable bonds is 7. The van der Waals surface area contributed by atoms with E-state index in [1.807, 2.05) is 29.6 Å². The highest BCUT2D eigenvalue weighted by Gasteiger charge is 2.31. The number of thiophene rings is 2. The van der Waals surface area contributed by atoms with Gasteiger partial charge in [0.1, 0.15) is 5.82 Å². The second-order valence-electron chi connectivity index (χ2n) is 7.55. The Morgan fingerprint density at radius 3 is 2.43 bits per heavy atom. The smallest absolute Gasteiger partial charge is 0.225 e. The summed E-state index contributed by atoms with van der Waals surface area (Å²) in [6.07, 6.45) is 0.417. The molecule has 0 bridgehead atoms. The van der Waals surface area contributed by atoms with E-state index in [2.05, 4.69) is 39.6 Å². The summed E-state index contributed by atoms with van der Waals surface area (Å²) in [5.74, 6) is -0.119. The number of halogens is 1. The van der Waals surface area contributed by atoms with Crippen molar-refractivity contribution in [2.24, 2.45) is 0 Å². The van der Waals surface area contributed by atoms with Crippen molar-refractivity contribution in [1.29, 1.82) is 0 Å². The van der Waals surface area contributed by atoms with Crippen molar-refractivity contribution < 1.29 is 9.18 Å². The minimum atomic E-state index is -0.171. The third kappa shape index (κ3) is 4.91. The van der Waals surface area contributed by atoms with Crippen molar-refractivity contribution in [1.82, 2.24) is 10.2 Å². The molecule has 1 N–H and O–H groups in total. The highest BCUT2D eigenvalue weighted by Crippen LogP contribution is 2.30. The van der Waals surface area contributed by atoms with Gasteiger partial charge in [-0.2, -0.15) is 0 Å². The van der Waals surface area contributed by atoms with Gasteiger partial charge in [0.2, 0.25) is 5.91 Å². The van der Waals surface area contributed by atoms with Gasteiger partial charge in [0, 0.05) is 42.0 Å². The summed E-state index contributed by atoms with van der Waals surface area (Å²) in [5, 5.41) is 7.29. The van der Waals surface area contributed by atoms with E-state index in [-0.39, 0.29) is 23.8 Å². The van der Waals surface area contributed by atoms with Crippen molar-refractivity contribution in [3.63, 3.8) is 0 Å². The van der Waals surface area contributed by atoms with Gasteiger partial charge in [0.15, 0.2) is 0 Å². The number of hydrogen-bond donors (Lipinski definition) is 1. The maximum atomic E-state index is 14.2. The molecule has 7 heteroatoms. The van der Waals surface area contributed by atoms with E-state index in [9.17, 15) is 9.18 Å². The Bertz CT molecular complexity index is 937. The van der Waals surface area contributed by atoms with Crippen LogP contribution in [-0.2, 0) is 11.2 Å². The van der Waals surface area contributed by atoms with Gasteiger partial charge in [-0.15, -0.1) is 22.7 Å². The molecule has 30 heavy (non-hydrogen) atoms. The molecule has 1 saturated heterocycles. The number of amides is 1. The van der Waals surface area contributed by atoms with Crippen LogP contribution in [0, 0.1) is 5.82 Å². The molecule has 3 heterocycles. The molecule has 1 amide bonds. The summed E-state index contributed by atoms with van der Waals surface area (Å²) in [7, 11) is 0. The van der Waals surface area contributed by atoms with E-state index in [0.29, 0.717) is 12.1 Å². The molecule has 0 unspecified atom stereocenters. The molecule has 0 aliphatic carbocycles. The average Bonchev–Trinajstić information content (AvgIpc) is 3.44. The van der Waals surface area contributed by atoms with Crippen LogP contribution in [0.4, 0.5) is 10.1 Å². The SMILES string of the molecule is C[C@@H](NC(=O)Cc1cccs1)[C@H](c1cccs1)N1CCN(c2ccccc2F)CC1. The molecule has 1 fully saturated rings. The van der Waals surface area contributed by atoms with E-state index in [4.69, 9.17) is 0 Å². The molecule has 4 nitrogen and oxygen atoms in total. The Labute approximate surface area is 185 Å². The number of piperazine rings is 1. The lowest BCUT2D eigenvalue weighted by Gasteiger charge is -2.42. The van der Waals surface area contributed by atoms with Crippen molar-refractivity contribution >= 4 is 34.3 Å². The number of para-hydroxylation sites is 1. The van der Waals surface area contributed by atoms with Crippen LogP contribution >= 0.6 is 22.7 Å². The highest BCUT2D eigenvalue weighted by atomic mass is 32.1. The predicted octanol–water partition coefficient (Wildman–Crippen LogP) is 4.56. The topological polar surface area (TPSA) is 35.6 Å². The third-order valence-electron chi connectivity index (χ3n) is 5.51. The summed E-state index contributed by atoms with van der Waals surface area (Å²) in [5.41, 5.74) is 0.669. The van der Waals surface area contributed by atoms with Crippen LogP contribution in [0.1, 0.15) is 22.7 Å². The number of nitrogens with zero attached hydrogens (tertiary/aromatic N) is 2. The second kappa shape index (κ2) is 9.73. The molecule has 158 valence electrons. The van der Waals surface area contributed by atoms with Crippen molar-refractivity contribution in [3.8, 4) is 0 Å². The monoisotopic (exact) mass is 443 g/mol. The Hall–Kier alpha value is -2.22. The fraction of sp³-hybridized carbons (Fsp3) is 0.348. The number of hydrogen-bond acceptors (Lipinski definition) is 5. The summed E-state index contributed by atoms with van der Waals surface area (Å²) < 4.78 is 14.2. The number of carbonyl (C=O) groups excluding carboxylic acids is 1. The minimum absolute atomic E-state index is 0.0175. The van der Waals surface area contributed by atoms with Gasteiger partial charge >= 0.3 is 0 Å². The van der Waals surface area contributed by atoms with Gasteiger partial charge in [-0.1, -0.05) is 24.3 Å². The van der Waals surface area contributed by atoms with Crippen molar-refractivity contribution in [2.75, 3.05) is 31.1 Å². The Kier molecular flexibility index (Phi) is 6.82. The lowest BCUT2D eigenvalue weighted by molar-refractivity contribution is -0.121. The van der Waals surface area contributed by atoms with Crippen LogP contribution in [0.3, 0.4) is 0 Å². The maximum Gasteiger partial charge on any atom is 0.225 e. The molecule has 4 rings (SSSR count). The Morgan fingerprint density at radius 1 is 1.03 bits per heavy atom. The van der Waals surface area contributed by atoms with E-state index in [0.717, 1.165) is 31.1 Å². The van der Waals surface area contributed by atoms with Gasteiger partial charge in [0.25, 0.3) is 0 Å². The first-order valence-electron chi connectivity index (χ1n) is 10.2. The summed E-state index contributed by atoms with van der Waals surface area (Å²) in [4.78, 5) is 19.4. The standard InChI is InChI=1S/C23H26FN3OS2/c1-17(25-22(28)16-18-6-4-14-29-18)23(21-9-5-15-30-21)27-12-10-26(11-13-27)20-8-3-2-7-19(20)24/h2-9,14-15,17,23H,10-13,16H2,1H3,(H,25,28)/t17-,23-/m1/s1. The first-order valence-corrected chi connectivity index (χ1v) is 12.0. The Balaban J connectivity index is 1.43. The zero-order valence-electron chi connectivity index (χ0n) is 17.0. The zero-order valence-corrected chi connectivity index (χ0v) is 18.6. The van der Waals surface area contributed by atoms with Crippen LogP contribution < -0.4 is 10.2 Å². The first-order chi connectivity index (χ1) is 14.6. The summed E-state index contributed by atoms with van der Waals surface area (Å²) >= 11 is 3.33. The minimum Gasteiger partial charge on any atom is -0.367 e. The maximum absolute atomic E-state index is 14.2. The molecule has 0 saturated carbocycles.